The Labute approximate surface area is 204 Å². The van der Waals surface area contributed by atoms with E-state index in [0.717, 1.165) is 19.5 Å². The van der Waals surface area contributed by atoms with Gasteiger partial charge in [-0.2, -0.15) is 0 Å². The van der Waals surface area contributed by atoms with E-state index in [-0.39, 0.29) is 42.5 Å². The van der Waals surface area contributed by atoms with Crippen molar-refractivity contribution in [1.82, 2.24) is 20.1 Å². The molecule has 3 rings (SSSR count). The number of amides is 3. The molecule has 3 heterocycles. The molecule has 1 unspecified atom stereocenters. The molecule has 1 aliphatic heterocycles. The number of thiazole rings is 1. The van der Waals surface area contributed by atoms with Crippen LogP contribution in [0.3, 0.4) is 0 Å². The number of furan rings is 1. The molecule has 3 amide bonds. The normalized spacial score (nSPS) is 16.4. The summed E-state index contributed by atoms with van der Waals surface area (Å²) in [5.74, 6) is -0.591. The lowest BCUT2D eigenvalue weighted by Crippen LogP contribution is -2.42. The maximum absolute atomic E-state index is 12.6. The third-order valence-electron chi connectivity index (χ3n) is 5.95. The van der Waals surface area contributed by atoms with Gasteiger partial charge in [-0.05, 0) is 58.7 Å². The quantitative estimate of drug-likeness (QED) is 0.470. The number of rotatable bonds is 11. The minimum Gasteiger partial charge on any atom is -0.459 e. The number of carbonyl (C=O) groups is 3. The van der Waals surface area contributed by atoms with Crippen LogP contribution in [-0.4, -0.2) is 70.8 Å². The number of hydrogen-bond donors (Lipinski definition) is 2. The van der Waals surface area contributed by atoms with Gasteiger partial charge in [0.1, 0.15) is 6.54 Å². The second-order valence-electron chi connectivity index (χ2n) is 8.96. The summed E-state index contributed by atoms with van der Waals surface area (Å²) in [5, 5.41) is 7.85. The smallest absolute Gasteiger partial charge is 0.290 e. The first-order valence-electron chi connectivity index (χ1n) is 11.9. The van der Waals surface area contributed by atoms with Crippen LogP contribution < -0.4 is 10.6 Å². The summed E-state index contributed by atoms with van der Waals surface area (Å²) in [6.45, 7) is 8.61. The predicted molar refractivity (Wildman–Crippen MR) is 132 cm³/mol. The van der Waals surface area contributed by atoms with Gasteiger partial charge in [0.05, 0.1) is 18.4 Å². The van der Waals surface area contributed by atoms with Gasteiger partial charge >= 0.3 is 0 Å². The zero-order chi connectivity index (χ0) is 24.5. The van der Waals surface area contributed by atoms with E-state index in [1.165, 1.54) is 41.8 Å². The molecule has 1 saturated heterocycles. The Hall–Kier alpha value is -2.72. The summed E-state index contributed by atoms with van der Waals surface area (Å²) >= 11 is 1.26. The molecule has 34 heavy (non-hydrogen) atoms. The zero-order valence-corrected chi connectivity index (χ0v) is 21.0. The predicted octanol–water partition coefficient (Wildman–Crippen LogP) is 3.15. The van der Waals surface area contributed by atoms with Crippen molar-refractivity contribution in [2.75, 3.05) is 31.5 Å². The van der Waals surface area contributed by atoms with Gasteiger partial charge in [-0.1, -0.05) is 6.42 Å². The van der Waals surface area contributed by atoms with Crippen LogP contribution in [0.4, 0.5) is 5.13 Å². The Morgan fingerprint density at radius 3 is 2.82 bits per heavy atom. The minimum atomic E-state index is -0.356. The van der Waals surface area contributed by atoms with Crippen molar-refractivity contribution in [2.45, 2.75) is 65.0 Å². The van der Waals surface area contributed by atoms with Gasteiger partial charge in [-0.15, -0.1) is 11.3 Å². The fraction of sp³-hybridized carbons (Fsp3) is 0.583. The van der Waals surface area contributed by atoms with Crippen molar-refractivity contribution in [3.8, 4) is 0 Å². The Balaban J connectivity index is 1.40. The first-order valence-corrected chi connectivity index (χ1v) is 12.8. The maximum atomic E-state index is 12.6. The van der Waals surface area contributed by atoms with Crippen LogP contribution in [0.2, 0.25) is 0 Å². The van der Waals surface area contributed by atoms with E-state index < -0.39 is 0 Å². The van der Waals surface area contributed by atoms with Crippen molar-refractivity contribution >= 4 is 34.2 Å². The van der Waals surface area contributed by atoms with E-state index in [4.69, 9.17) is 4.42 Å². The first kappa shape index (κ1) is 25.9. The number of hydrogen-bond acceptors (Lipinski definition) is 7. The largest absolute Gasteiger partial charge is 0.459 e. The summed E-state index contributed by atoms with van der Waals surface area (Å²) in [6.07, 6.45) is 6.34. The topological polar surface area (TPSA) is 108 Å². The van der Waals surface area contributed by atoms with Gasteiger partial charge in [0.25, 0.3) is 5.91 Å². The number of carbonyl (C=O) groups excluding carboxylic acids is 3. The highest BCUT2D eigenvalue weighted by Gasteiger charge is 2.24. The van der Waals surface area contributed by atoms with Gasteiger partial charge in [0, 0.05) is 30.6 Å². The highest BCUT2D eigenvalue weighted by molar-refractivity contribution is 7.13. The van der Waals surface area contributed by atoms with Crippen LogP contribution in [-0.2, 0) is 16.0 Å². The van der Waals surface area contributed by atoms with Crippen molar-refractivity contribution < 1.29 is 18.8 Å². The lowest BCUT2D eigenvalue weighted by Gasteiger charge is -2.33. The average Bonchev–Trinajstić information content (AvgIpc) is 3.48. The zero-order valence-electron chi connectivity index (χ0n) is 20.2. The number of anilines is 1. The Kier molecular flexibility index (Phi) is 9.64. The lowest BCUT2D eigenvalue weighted by atomic mass is 10.0. The minimum absolute atomic E-state index is 0.0788. The van der Waals surface area contributed by atoms with E-state index in [0.29, 0.717) is 23.4 Å². The highest BCUT2D eigenvalue weighted by atomic mass is 32.1. The average molecular weight is 490 g/mol. The molecule has 2 aromatic heterocycles. The molecule has 186 valence electrons. The Morgan fingerprint density at radius 1 is 1.29 bits per heavy atom. The van der Waals surface area contributed by atoms with Crippen LogP contribution in [0.5, 0.6) is 0 Å². The van der Waals surface area contributed by atoms with Gasteiger partial charge in [0.15, 0.2) is 10.9 Å². The molecule has 2 aromatic rings. The lowest BCUT2D eigenvalue weighted by molar-refractivity contribution is -0.120. The standard InChI is InChI=1S/C24H35N5O4S/c1-17(2)29(23(32)20-9-6-13-33-20)15-22(31)27-24-26-19(16-34-24)14-21(30)25-10-7-12-28-11-5-4-8-18(28)3/h6,9,13,16-18H,4-5,7-8,10-12,14-15H2,1-3H3,(H,25,30)(H,26,27,31). The van der Waals surface area contributed by atoms with E-state index in [1.54, 1.807) is 17.5 Å². The molecule has 1 atom stereocenters. The van der Waals surface area contributed by atoms with E-state index in [1.807, 2.05) is 13.8 Å². The van der Waals surface area contributed by atoms with Gasteiger partial charge in [-0.25, -0.2) is 4.98 Å². The summed E-state index contributed by atoms with van der Waals surface area (Å²) in [4.78, 5) is 45.6. The molecule has 1 aliphatic rings. The molecule has 0 spiro atoms. The fourth-order valence-corrected chi connectivity index (χ4v) is 4.74. The molecule has 9 nitrogen and oxygen atoms in total. The second kappa shape index (κ2) is 12.7. The van der Waals surface area contributed by atoms with Crippen molar-refractivity contribution in [3.63, 3.8) is 0 Å². The molecule has 2 N–H and O–H groups in total. The number of nitrogens with one attached hydrogen (secondary N) is 2. The van der Waals surface area contributed by atoms with E-state index in [2.05, 4.69) is 27.4 Å². The molecule has 0 aromatic carbocycles. The summed E-state index contributed by atoms with van der Waals surface area (Å²) in [6, 6.07) is 3.65. The third kappa shape index (κ3) is 7.66. The SMILES string of the molecule is CC1CCCCN1CCCNC(=O)Cc1csc(NC(=O)CN(C(=O)c2ccco2)C(C)C)n1. The maximum Gasteiger partial charge on any atom is 0.290 e. The Bertz CT molecular complexity index is 943. The first-order chi connectivity index (χ1) is 16.3. The molecule has 10 heteroatoms. The molecule has 1 fully saturated rings. The second-order valence-corrected chi connectivity index (χ2v) is 9.82. The van der Waals surface area contributed by atoms with Crippen LogP contribution in [0.25, 0.3) is 0 Å². The van der Waals surface area contributed by atoms with Gasteiger partial charge in [0.2, 0.25) is 11.8 Å². The van der Waals surface area contributed by atoms with Gasteiger partial charge < -0.3 is 24.9 Å². The number of nitrogens with zero attached hydrogens (tertiary/aromatic N) is 3. The molecular formula is C24H35N5O4S. The highest BCUT2D eigenvalue weighted by Crippen LogP contribution is 2.17. The van der Waals surface area contributed by atoms with Crippen molar-refractivity contribution in [3.05, 3.63) is 35.2 Å². The molecule has 0 aliphatic carbocycles. The fourth-order valence-electron chi connectivity index (χ4n) is 4.02. The van der Waals surface area contributed by atoms with E-state index >= 15 is 0 Å². The number of likely N-dealkylation sites (tertiary alicyclic amines) is 1. The van der Waals surface area contributed by atoms with Crippen LogP contribution in [0.15, 0.2) is 28.2 Å². The molecule has 0 saturated carbocycles. The van der Waals surface area contributed by atoms with Crippen LogP contribution in [0.1, 0.15) is 62.7 Å². The van der Waals surface area contributed by atoms with Gasteiger partial charge in [-0.3, -0.25) is 14.4 Å². The number of piperidine rings is 1. The molecule has 0 bridgehead atoms. The number of aromatic nitrogens is 1. The third-order valence-corrected chi connectivity index (χ3v) is 6.76. The van der Waals surface area contributed by atoms with E-state index in [9.17, 15) is 14.4 Å². The molecular weight excluding hydrogens is 454 g/mol. The van der Waals surface area contributed by atoms with Crippen LogP contribution in [0, 0.1) is 0 Å². The Morgan fingerprint density at radius 2 is 2.12 bits per heavy atom. The monoisotopic (exact) mass is 489 g/mol. The summed E-state index contributed by atoms with van der Waals surface area (Å²) in [5.41, 5.74) is 0.606. The summed E-state index contributed by atoms with van der Waals surface area (Å²) < 4.78 is 5.16. The van der Waals surface area contributed by atoms with Crippen molar-refractivity contribution in [1.29, 1.82) is 0 Å². The molecule has 0 radical (unpaired) electrons. The van der Waals surface area contributed by atoms with Crippen molar-refractivity contribution in [2.24, 2.45) is 0 Å². The van der Waals surface area contributed by atoms with Crippen LogP contribution >= 0.6 is 11.3 Å². The summed E-state index contributed by atoms with van der Waals surface area (Å²) in [7, 11) is 0.